The third-order valence-electron chi connectivity index (χ3n) is 4.25. The van der Waals surface area contributed by atoms with Crippen molar-refractivity contribution in [1.29, 1.82) is 0 Å². The summed E-state index contributed by atoms with van der Waals surface area (Å²) in [6, 6.07) is 0.680. The van der Waals surface area contributed by atoms with Gasteiger partial charge in [-0.25, -0.2) is 0 Å². The summed E-state index contributed by atoms with van der Waals surface area (Å²) < 4.78 is 2.08. The molecular formula is C15H26ClN3. The highest BCUT2D eigenvalue weighted by atomic mass is 35.5. The van der Waals surface area contributed by atoms with E-state index in [-0.39, 0.29) is 0 Å². The smallest absolute Gasteiger partial charge is 0.0834 e. The van der Waals surface area contributed by atoms with E-state index >= 15 is 0 Å². The first kappa shape index (κ1) is 14.9. The molecule has 0 spiro atoms. The molecule has 1 N–H and O–H groups in total. The zero-order valence-electron chi connectivity index (χ0n) is 12.3. The average molecular weight is 284 g/mol. The van der Waals surface area contributed by atoms with Crippen LogP contribution < -0.4 is 5.32 Å². The Bertz CT molecular complexity index is 392. The number of nitrogens with one attached hydrogen (secondary N) is 1. The molecular weight excluding hydrogens is 258 g/mol. The molecule has 1 heterocycles. The second-order valence-electron chi connectivity index (χ2n) is 5.93. The molecule has 108 valence electrons. The first-order chi connectivity index (χ1) is 9.15. The van der Waals surface area contributed by atoms with Crippen molar-refractivity contribution in [3.63, 3.8) is 0 Å². The Labute approximate surface area is 121 Å². The lowest BCUT2D eigenvalue weighted by atomic mass is 9.89. The molecule has 1 saturated carbocycles. The van der Waals surface area contributed by atoms with E-state index in [0.717, 1.165) is 5.02 Å². The molecule has 19 heavy (non-hydrogen) atoms. The summed E-state index contributed by atoms with van der Waals surface area (Å²) in [6.45, 7) is 4.32. The molecule has 1 atom stereocenters. The van der Waals surface area contributed by atoms with E-state index in [1.165, 1.54) is 44.2 Å². The second kappa shape index (κ2) is 6.76. The van der Waals surface area contributed by atoms with Crippen molar-refractivity contribution in [1.82, 2.24) is 15.1 Å². The third-order valence-corrected chi connectivity index (χ3v) is 4.54. The lowest BCUT2D eigenvalue weighted by molar-refractivity contribution is 0.318. The number of aromatic nitrogens is 2. The minimum atomic E-state index is 0.329. The quantitative estimate of drug-likeness (QED) is 0.833. The summed E-state index contributed by atoms with van der Waals surface area (Å²) in [4.78, 5) is 0. The molecule has 0 amide bonds. The van der Waals surface area contributed by atoms with Crippen LogP contribution >= 0.6 is 11.6 Å². The van der Waals surface area contributed by atoms with Gasteiger partial charge in [0.15, 0.2) is 0 Å². The molecule has 0 aliphatic heterocycles. The van der Waals surface area contributed by atoms with E-state index in [1.807, 2.05) is 7.05 Å². The van der Waals surface area contributed by atoms with Crippen molar-refractivity contribution < 1.29 is 0 Å². The standard InChI is InChI=1S/C15H26ClN3/c1-11(2)19-15(13(16)10-18-19)14(17-3)12-8-6-4-5-7-9-12/h10-12,14,17H,4-9H2,1-3H3. The van der Waals surface area contributed by atoms with Gasteiger partial charge in [-0.2, -0.15) is 5.10 Å². The molecule has 1 aromatic heterocycles. The zero-order chi connectivity index (χ0) is 13.8. The molecule has 0 saturated heterocycles. The van der Waals surface area contributed by atoms with Gasteiger partial charge in [0.25, 0.3) is 0 Å². The fraction of sp³-hybridized carbons (Fsp3) is 0.800. The van der Waals surface area contributed by atoms with Gasteiger partial charge in [-0.3, -0.25) is 4.68 Å². The molecule has 1 aromatic rings. The Morgan fingerprint density at radius 1 is 1.26 bits per heavy atom. The molecule has 0 aromatic carbocycles. The highest BCUT2D eigenvalue weighted by molar-refractivity contribution is 6.31. The molecule has 1 aliphatic carbocycles. The third kappa shape index (κ3) is 3.32. The van der Waals surface area contributed by atoms with Crippen LogP contribution in [0.1, 0.15) is 70.2 Å². The van der Waals surface area contributed by atoms with Gasteiger partial charge in [0.1, 0.15) is 0 Å². The van der Waals surface area contributed by atoms with Crippen molar-refractivity contribution in [2.75, 3.05) is 7.05 Å². The van der Waals surface area contributed by atoms with Crippen molar-refractivity contribution in [2.24, 2.45) is 5.92 Å². The summed E-state index contributed by atoms with van der Waals surface area (Å²) in [5.74, 6) is 0.680. The molecule has 0 radical (unpaired) electrons. The molecule has 4 heteroatoms. The van der Waals surface area contributed by atoms with Gasteiger partial charge in [0.2, 0.25) is 0 Å². The van der Waals surface area contributed by atoms with Crippen molar-refractivity contribution in [3.05, 3.63) is 16.9 Å². The number of nitrogens with zero attached hydrogens (tertiary/aromatic N) is 2. The fourth-order valence-corrected chi connectivity index (χ4v) is 3.54. The van der Waals surface area contributed by atoms with Gasteiger partial charge in [-0.05, 0) is 39.7 Å². The van der Waals surface area contributed by atoms with Gasteiger partial charge in [0.05, 0.1) is 23.0 Å². The monoisotopic (exact) mass is 283 g/mol. The van der Waals surface area contributed by atoms with Crippen LogP contribution in [0.4, 0.5) is 0 Å². The topological polar surface area (TPSA) is 29.9 Å². The Morgan fingerprint density at radius 2 is 1.89 bits per heavy atom. The van der Waals surface area contributed by atoms with Crippen LogP contribution in [0.5, 0.6) is 0 Å². The van der Waals surface area contributed by atoms with Crippen LogP contribution in [0.25, 0.3) is 0 Å². The van der Waals surface area contributed by atoms with Gasteiger partial charge in [-0.15, -0.1) is 0 Å². The highest BCUT2D eigenvalue weighted by Gasteiger charge is 2.28. The molecule has 1 aliphatic rings. The normalized spacial score (nSPS) is 19.6. The zero-order valence-corrected chi connectivity index (χ0v) is 13.1. The van der Waals surface area contributed by atoms with Crippen molar-refractivity contribution >= 4 is 11.6 Å². The van der Waals surface area contributed by atoms with Crippen molar-refractivity contribution in [2.45, 2.75) is 64.5 Å². The van der Waals surface area contributed by atoms with Gasteiger partial charge in [0, 0.05) is 6.04 Å². The van der Waals surface area contributed by atoms with E-state index in [4.69, 9.17) is 11.6 Å². The maximum atomic E-state index is 6.40. The molecule has 1 unspecified atom stereocenters. The van der Waals surface area contributed by atoms with E-state index in [9.17, 15) is 0 Å². The molecule has 0 bridgehead atoms. The van der Waals surface area contributed by atoms with Gasteiger partial charge in [-0.1, -0.05) is 37.3 Å². The lowest BCUT2D eigenvalue weighted by Gasteiger charge is -2.28. The predicted molar refractivity (Wildman–Crippen MR) is 80.6 cm³/mol. The maximum Gasteiger partial charge on any atom is 0.0834 e. The van der Waals surface area contributed by atoms with Crippen LogP contribution in [0.15, 0.2) is 6.20 Å². The number of hydrogen-bond donors (Lipinski definition) is 1. The molecule has 1 fully saturated rings. The van der Waals surface area contributed by atoms with Crippen LogP contribution in [-0.2, 0) is 0 Å². The highest BCUT2D eigenvalue weighted by Crippen LogP contribution is 2.36. The van der Waals surface area contributed by atoms with E-state index in [1.54, 1.807) is 6.20 Å². The Kier molecular flexibility index (Phi) is 5.28. The average Bonchev–Trinajstić information content (AvgIpc) is 2.62. The van der Waals surface area contributed by atoms with E-state index in [0.29, 0.717) is 18.0 Å². The number of halogens is 1. The summed E-state index contributed by atoms with van der Waals surface area (Å²) in [5.41, 5.74) is 1.17. The fourth-order valence-electron chi connectivity index (χ4n) is 3.29. The molecule has 2 rings (SSSR count). The number of rotatable bonds is 4. The van der Waals surface area contributed by atoms with Crippen LogP contribution in [0.2, 0.25) is 5.02 Å². The summed E-state index contributed by atoms with van der Waals surface area (Å²) in [5, 5.41) is 8.74. The summed E-state index contributed by atoms with van der Waals surface area (Å²) >= 11 is 6.40. The van der Waals surface area contributed by atoms with E-state index < -0.39 is 0 Å². The first-order valence-corrected chi connectivity index (χ1v) is 7.93. The summed E-state index contributed by atoms with van der Waals surface area (Å²) in [6.07, 6.45) is 9.83. The minimum Gasteiger partial charge on any atom is -0.311 e. The van der Waals surface area contributed by atoms with Gasteiger partial charge < -0.3 is 5.32 Å². The maximum absolute atomic E-state index is 6.40. The lowest BCUT2D eigenvalue weighted by Crippen LogP contribution is -2.28. The Morgan fingerprint density at radius 3 is 2.42 bits per heavy atom. The summed E-state index contributed by atoms with van der Waals surface area (Å²) in [7, 11) is 2.05. The minimum absolute atomic E-state index is 0.329. The second-order valence-corrected chi connectivity index (χ2v) is 6.34. The number of hydrogen-bond acceptors (Lipinski definition) is 2. The predicted octanol–water partition coefficient (Wildman–Crippen LogP) is 4.35. The molecule has 3 nitrogen and oxygen atoms in total. The SMILES string of the molecule is CNC(c1c(Cl)cnn1C(C)C)C1CCCCCC1. The van der Waals surface area contributed by atoms with Crippen LogP contribution in [0, 0.1) is 5.92 Å². The van der Waals surface area contributed by atoms with Crippen LogP contribution in [0.3, 0.4) is 0 Å². The van der Waals surface area contributed by atoms with Crippen LogP contribution in [-0.4, -0.2) is 16.8 Å². The first-order valence-electron chi connectivity index (χ1n) is 7.55. The van der Waals surface area contributed by atoms with Crippen molar-refractivity contribution in [3.8, 4) is 0 Å². The Balaban J connectivity index is 2.27. The van der Waals surface area contributed by atoms with E-state index in [2.05, 4.69) is 28.9 Å². The largest absolute Gasteiger partial charge is 0.311 e. The van der Waals surface area contributed by atoms with Gasteiger partial charge >= 0.3 is 0 Å². The Hall–Kier alpha value is -0.540.